The molecule has 5 nitrogen and oxygen atoms in total. The summed E-state index contributed by atoms with van der Waals surface area (Å²) in [6.45, 7) is 3.67. The maximum atomic E-state index is 12.0. The van der Waals surface area contributed by atoms with Crippen molar-refractivity contribution in [3.63, 3.8) is 0 Å². The summed E-state index contributed by atoms with van der Waals surface area (Å²) in [6, 6.07) is 13.9. The standard InChI is InChI=1S/C21H22ClNO4/c1-14(2)17-5-3-4-6-18(17)23-20(25)13-27-21(26)12-11-19(24)15-7-9-16(22)10-8-15/h3-10,14H,11-13H2,1-2H3,(H,23,25). The van der Waals surface area contributed by atoms with Crippen LogP contribution in [0, 0.1) is 0 Å². The number of hydrogen-bond donors (Lipinski definition) is 1. The van der Waals surface area contributed by atoms with Crippen LogP contribution in [0.1, 0.15) is 48.5 Å². The van der Waals surface area contributed by atoms with Gasteiger partial charge in [-0.1, -0.05) is 43.6 Å². The molecule has 2 aromatic carbocycles. The summed E-state index contributed by atoms with van der Waals surface area (Å²) in [5.74, 6) is -0.938. The molecule has 0 saturated heterocycles. The monoisotopic (exact) mass is 387 g/mol. The van der Waals surface area contributed by atoms with Gasteiger partial charge in [-0.2, -0.15) is 0 Å². The van der Waals surface area contributed by atoms with Crippen molar-refractivity contribution in [3.05, 3.63) is 64.7 Å². The number of Topliss-reactive ketones (excluding diaryl/α,β-unsaturated/α-hetero) is 1. The molecule has 2 aromatic rings. The highest BCUT2D eigenvalue weighted by molar-refractivity contribution is 6.30. The van der Waals surface area contributed by atoms with E-state index in [1.54, 1.807) is 30.3 Å². The zero-order valence-corrected chi connectivity index (χ0v) is 16.1. The summed E-state index contributed by atoms with van der Waals surface area (Å²) in [5, 5.41) is 3.29. The van der Waals surface area contributed by atoms with Gasteiger partial charge < -0.3 is 10.1 Å². The number of ketones is 1. The molecule has 0 aromatic heterocycles. The number of rotatable bonds is 8. The number of carbonyl (C=O) groups is 3. The Kier molecular flexibility index (Phi) is 7.55. The molecule has 0 saturated carbocycles. The van der Waals surface area contributed by atoms with Crippen molar-refractivity contribution in [3.8, 4) is 0 Å². The molecule has 142 valence electrons. The second kappa shape index (κ2) is 9.88. The number of esters is 1. The van der Waals surface area contributed by atoms with Gasteiger partial charge in [-0.05, 0) is 41.8 Å². The Morgan fingerprint density at radius 3 is 2.33 bits per heavy atom. The molecule has 0 atom stereocenters. The van der Waals surface area contributed by atoms with E-state index in [0.29, 0.717) is 16.3 Å². The Morgan fingerprint density at radius 1 is 1.00 bits per heavy atom. The van der Waals surface area contributed by atoms with E-state index in [1.165, 1.54) is 0 Å². The van der Waals surface area contributed by atoms with Gasteiger partial charge in [0.25, 0.3) is 5.91 Å². The molecule has 0 aliphatic heterocycles. The number of amides is 1. The molecule has 1 N–H and O–H groups in total. The molecule has 0 bridgehead atoms. The molecule has 6 heteroatoms. The van der Waals surface area contributed by atoms with Crippen LogP contribution in [0.4, 0.5) is 5.69 Å². The quantitative estimate of drug-likeness (QED) is 0.530. The van der Waals surface area contributed by atoms with Gasteiger partial charge in [0.2, 0.25) is 0 Å². The molecule has 0 aliphatic carbocycles. The first-order chi connectivity index (χ1) is 12.9. The third-order valence-electron chi connectivity index (χ3n) is 3.94. The second-order valence-corrected chi connectivity index (χ2v) is 6.82. The van der Waals surface area contributed by atoms with Crippen molar-refractivity contribution in [2.45, 2.75) is 32.6 Å². The number of halogens is 1. The van der Waals surface area contributed by atoms with Gasteiger partial charge in [0, 0.05) is 22.7 Å². The van der Waals surface area contributed by atoms with Crippen LogP contribution in [-0.4, -0.2) is 24.3 Å². The fraction of sp³-hybridized carbons (Fsp3) is 0.286. The van der Waals surface area contributed by atoms with Crippen LogP contribution >= 0.6 is 11.6 Å². The van der Waals surface area contributed by atoms with Crippen LogP contribution in [0.25, 0.3) is 0 Å². The lowest BCUT2D eigenvalue weighted by molar-refractivity contribution is -0.147. The summed E-state index contributed by atoms with van der Waals surface area (Å²) in [4.78, 5) is 35.8. The summed E-state index contributed by atoms with van der Waals surface area (Å²) in [6.07, 6.45) is -0.0738. The lowest BCUT2D eigenvalue weighted by atomic mass is 10.0. The molecule has 0 radical (unpaired) electrons. The van der Waals surface area contributed by atoms with Gasteiger partial charge in [0.1, 0.15) is 0 Å². The van der Waals surface area contributed by atoms with Crippen molar-refractivity contribution in [1.29, 1.82) is 0 Å². The van der Waals surface area contributed by atoms with E-state index in [-0.39, 0.29) is 31.1 Å². The SMILES string of the molecule is CC(C)c1ccccc1NC(=O)COC(=O)CCC(=O)c1ccc(Cl)cc1. The van der Waals surface area contributed by atoms with E-state index in [4.69, 9.17) is 16.3 Å². The molecule has 0 spiro atoms. The van der Waals surface area contributed by atoms with E-state index in [0.717, 1.165) is 5.56 Å². The minimum atomic E-state index is -0.593. The topological polar surface area (TPSA) is 72.5 Å². The fourth-order valence-electron chi connectivity index (χ4n) is 2.51. The van der Waals surface area contributed by atoms with Gasteiger partial charge in [-0.15, -0.1) is 0 Å². The number of hydrogen-bond acceptors (Lipinski definition) is 4. The molecular weight excluding hydrogens is 366 g/mol. The minimum absolute atomic E-state index is 0.0122. The Morgan fingerprint density at radius 2 is 1.67 bits per heavy atom. The Bertz CT molecular complexity index is 815. The Labute approximate surface area is 163 Å². The molecule has 2 rings (SSSR count). The number of anilines is 1. The van der Waals surface area contributed by atoms with Crippen molar-refractivity contribution in [2.24, 2.45) is 0 Å². The maximum Gasteiger partial charge on any atom is 0.306 e. The molecule has 0 aliphatic rings. The summed E-state index contributed by atoms with van der Waals surface area (Å²) < 4.78 is 4.96. The highest BCUT2D eigenvalue weighted by Crippen LogP contribution is 2.23. The zero-order chi connectivity index (χ0) is 19.8. The van der Waals surface area contributed by atoms with Crippen LogP contribution in [0.3, 0.4) is 0 Å². The van der Waals surface area contributed by atoms with Crippen LogP contribution in [-0.2, 0) is 14.3 Å². The second-order valence-electron chi connectivity index (χ2n) is 6.38. The Balaban J connectivity index is 1.77. The largest absolute Gasteiger partial charge is 0.456 e. The number of carbonyl (C=O) groups excluding carboxylic acids is 3. The zero-order valence-electron chi connectivity index (χ0n) is 15.3. The Hall–Kier alpha value is -2.66. The molecule has 0 heterocycles. The summed E-state index contributed by atoms with van der Waals surface area (Å²) in [7, 11) is 0. The average molecular weight is 388 g/mol. The third kappa shape index (κ3) is 6.53. The van der Waals surface area contributed by atoms with Crippen LogP contribution in [0.2, 0.25) is 5.02 Å². The van der Waals surface area contributed by atoms with Crippen molar-refractivity contribution in [2.75, 3.05) is 11.9 Å². The fourth-order valence-corrected chi connectivity index (χ4v) is 2.64. The van der Waals surface area contributed by atoms with Crippen LogP contribution in [0.15, 0.2) is 48.5 Å². The highest BCUT2D eigenvalue weighted by atomic mass is 35.5. The van der Waals surface area contributed by atoms with Crippen molar-refractivity contribution >= 4 is 34.9 Å². The van der Waals surface area contributed by atoms with Gasteiger partial charge >= 0.3 is 5.97 Å². The number of nitrogens with one attached hydrogen (secondary N) is 1. The normalized spacial score (nSPS) is 10.5. The third-order valence-corrected chi connectivity index (χ3v) is 4.20. The number of benzene rings is 2. The molecule has 0 fully saturated rings. The lowest BCUT2D eigenvalue weighted by Gasteiger charge is -2.13. The first kappa shape index (κ1) is 20.6. The molecule has 0 unspecified atom stereocenters. The summed E-state index contributed by atoms with van der Waals surface area (Å²) in [5.41, 5.74) is 2.19. The van der Waals surface area contributed by atoms with E-state index in [2.05, 4.69) is 5.32 Å². The van der Waals surface area contributed by atoms with Gasteiger partial charge in [-0.25, -0.2) is 0 Å². The molecule has 1 amide bonds. The number of para-hydroxylation sites is 1. The first-order valence-electron chi connectivity index (χ1n) is 8.70. The molecular formula is C21H22ClNO4. The van der Waals surface area contributed by atoms with Gasteiger partial charge in [0.05, 0.1) is 6.42 Å². The van der Waals surface area contributed by atoms with Crippen molar-refractivity contribution < 1.29 is 19.1 Å². The smallest absolute Gasteiger partial charge is 0.306 e. The predicted molar refractivity (Wildman–Crippen MR) is 105 cm³/mol. The van der Waals surface area contributed by atoms with Gasteiger partial charge in [0.15, 0.2) is 12.4 Å². The summed E-state index contributed by atoms with van der Waals surface area (Å²) >= 11 is 5.78. The molecule has 27 heavy (non-hydrogen) atoms. The number of ether oxygens (including phenoxy) is 1. The predicted octanol–water partition coefficient (Wildman–Crippen LogP) is 4.61. The van der Waals surface area contributed by atoms with Gasteiger partial charge in [-0.3, -0.25) is 14.4 Å². The van der Waals surface area contributed by atoms with Crippen LogP contribution < -0.4 is 5.32 Å². The van der Waals surface area contributed by atoms with E-state index in [1.807, 2.05) is 32.0 Å². The van der Waals surface area contributed by atoms with E-state index >= 15 is 0 Å². The van der Waals surface area contributed by atoms with Crippen LogP contribution in [0.5, 0.6) is 0 Å². The first-order valence-corrected chi connectivity index (χ1v) is 9.07. The average Bonchev–Trinajstić information content (AvgIpc) is 2.65. The van der Waals surface area contributed by atoms with E-state index < -0.39 is 11.9 Å². The minimum Gasteiger partial charge on any atom is -0.456 e. The lowest BCUT2D eigenvalue weighted by Crippen LogP contribution is -2.22. The highest BCUT2D eigenvalue weighted by Gasteiger charge is 2.13. The van der Waals surface area contributed by atoms with E-state index in [9.17, 15) is 14.4 Å². The maximum absolute atomic E-state index is 12.0. The van der Waals surface area contributed by atoms with Crippen molar-refractivity contribution in [1.82, 2.24) is 0 Å².